The summed E-state index contributed by atoms with van der Waals surface area (Å²) >= 11 is 0. The largest absolute Gasteiger partial charge is 0.382 e. The summed E-state index contributed by atoms with van der Waals surface area (Å²) in [5.41, 5.74) is 4.47. The SMILES string of the molecule is Cc1cccc(CS(=O)(=O)Oc2c(C)ccc(C)c2C)c1. The third kappa shape index (κ3) is 3.85. The third-order valence-electron chi connectivity index (χ3n) is 3.51. The van der Waals surface area contributed by atoms with Crippen molar-refractivity contribution in [1.82, 2.24) is 0 Å². The van der Waals surface area contributed by atoms with E-state index >= 15 is 0 Å². The molecule has 0 saturated heterocycles. The Balaban J connectivity index is 2.28. The van der Waals surface area contributed by atoms with Crippen LogP contribution in [0.5, 0.6) is 5.75 Å². The van der Waals surface area contributed by atoms with Crippen molar-refractivity contribution >= 4 is 10.1 Å². The first kappa shape index (κ1) is 15.6. The lowest BCUT2D eigenvalue weighted by Gasteiger charge is -2.14. The summed E-state index contributed by atoms with van der Waals surface area (Å²) in [4.78, 5) is 0. The van der Waals surface area contributed by atoms with E-state index in [4.69, 9.17) is 4.18 Å². The summed E-state index contributed by atoms with van der Waals surface area (Å²) < 4.78 is 29.9. The highest BCUT2D eigenvalue weighted by molar-refractivity contribution is 7.86. The molecule has 2 aromatic carbocycles. The van der Waals surface area contributed by atoms with Crippen molar-refractivity contribution in [1.29, 1.82) is 0 Å². The van der Waals surface area contributed by atoms with Crippen molar-refractivity contribution < 1.29 is 12.6 Å². The molecule has 0 N–H and O–H groups in total. The molecular weight excluding hydrogens is 284 g/mol. The number of hydrogen-bond donors (Lipinski definition) is 0. The molecule has 2 aromatic rings. The van der Waals surface area contributed by atoms with Crippen LogP contribution >= 0.6 is 0 Å². The van der Waals surface area contributed by atoms with Crippen molar-refractivity contribution in [2.24, 2.45) is 0 Å². The molecule has 112 valence electrons. The molecule has 4 heteroatoms. The van der Waals surface area contributed by atoms with Crippen molar-refractivity contribution in [3.05, 3.63) is 64.2 Å². The van der Waals surface area contributed by atoms with Gasteiger partial charge in [0.2, 0.25) is 0 Å². The van der Waals surface area contributed by atoms with E-state index in [0.717, 1.165) is 27.8 Å². The summed E-state index contributed by atoms with van der Waals surface area (Å²) in [6, 6.07) is 11.3. The topological polar surface area (TPSA) is 43.4 Å². The second-order valence-electron chi connectivity index (χ2n) is 5.43. The standard InChI is InChI=1S/C17H20O3S/c1-12-6-5-7-16(10-12)11-21(18,19)20-17-14(3)9-8-13(2)15(17)4/h5-10H,11H2,1-4H3. The van der Waals surface area contributed by atoms with Crippen LogP contribution in [0.25, 0.3) is 0 Å². The third-order valence-corrected chi connectivity index (χ3v) is 4.62. The van der Waals surface area contributed by atoms with Crippen molar-refractivity contribution in [3.8, 4) is 5.75 Å². The monoisotopic (exact) mass is 304 g/mol. The molecule has 3 nitrogen and oxygen atoms in total. The molecule has 0 radical (unpaired) electrons. The van der Waals surface area contributed by atoms with Gasteiger partial charge in [-0.1, -0.05) is 42.0 Å². The van der Waals surface area contributed by atoms with Gasteiger partial charge in [0, 0.05) is 0 Å². The molecule has 0 aliphatic rings. The molecular formula is C17H20O3S. The average molecular weight is 304 g/mol. The van der Waals surface area contributed by atoms with Gasteiger partial charge in [-0.15, -0.1) is 0 Å². The zero-order valence-electron chi connectivity index (χ0n) is 12.8. The van der Waals surface area contributed by atoms with E-state index in [1.54, 1.807) is 6.07 Å². The van der Waals surface area contributed by atoms with Gasteiger partial charge in [-0.3, -0.25) is 0 Å². The summed E-state index contributed by atoms with van der Waals surface area (Å²) in [6.45, 7) is 7.60. The van der Waals surface area contributed by atoms with Gasteiger partial charge in [0.15, 0.2) is 0 Å². The second-order valence-corrected chi connectivity index (χ2v) is 7.00. The van der Waals surface area contributed by atoms with Crippen LogP contribution in [0.3, 0.4) is 0 Å². The zero-order valence-corrected chi connectivity index (χ0v) is 13.6. The minimum absolute atomic E-state index is 0.124. The van der Waals surface area contributed by atoms with Crippen LogP contribution in [-0.4, -0.2) is 8.42 Å². The maximum atomic E-state index is 12.3. The van der Waals surface area contributed by atoms with E-state index in [-0.39, 0.29) is 5.75 Å². The predicted molar refractivity (Wildman–Crippen MR) is 85.1 cm³/mol. The number of aryl methyl sites for hydroxylation is 3. The van der Waals surface area contributed by atoms with Crippen molar-refractivity contribution in [2.45, 2.75) is 33.4 Å². The Bertz CT molecular complexity index is 762. The Morgan fingerprint density at radius 2 is 1.62 bits per heavy atom. The van der Waals surface area contributed by atoms with Gasteiger partial charge < -0.3 is 4.18 Å². The molecule has 0 bridgehead atoms. The van der Waals surface area contributed by atoms with Crippen LogP contribution in [0.15, 0.2) is 36.4 Å². The summed E-state index contributed by atoms with van der Waals surface area (Å²) in [5, 5.41) is 0. The van der Waals surface area contributed by atoms with Crippen LogP contribution in [0.1, 0.15) is 27.8 Å². The summed E-state index contributed by atoms with van der Waals surface area (Å²) in [5.74, 6) is 0.323. The first-order valence-corrected chi connectivity index (χ1v) is 8.41. The molecule has 0 aliphatic heterocycles. The number of rotatable bonds is 4. The molecule has 0 aromatic heterocycles. The lowest BCUT2D eigenvalue weighted by Crippen LogP contribution is -2.14. The lowest BCUT2D eigenvalue weighted by molar-refractivity contribution is 0.481. The van der Waals surface area contributed by atoms with Crippen LogP contribution in [0.4, 0.5) is 0 Å². The van der Waals surface area contributed by atoms with E-state index < -0.39 is 10.1 Å². The van der Waals surface area contributed by atoms with E-state index in [9.17, 15) is 8.42 Å². The van der Waals surface area contributed by atoms with E-state index in [1.807, 2.05) is 58.0 Å². The highest BCUT2D eigenvalue weighted by atomic mass is 32.2. The Labute approximate surface area is 126 Å². The maximum absolute atomic E-state index is 12.3. The first-order chi connectivity index (χ1) is 9.78. The molecule has 21 heavy (non-hydrogen) atoms. The predicted octanol–water partition coefficient (Wildman–Crippen LogP) is 3.83. The fourth-order valence-corrected chi connectivity index (χ4v) is 3.37. The minimum atomic E-state index is -3.67. The van der Waals surface area contributed by atoms with Crippen LogP contribution in [0.2, 0.25) is 0 Å². The zero-order chi connectivity index (χ0) is 15.6. The molecule has 0 heterocycles. The van der Waals surface area contributed by atoms with Gasteiger partial charge in [-0.05, 0) is 49.9 Å². The Kier molecular flexibility index (Phi) is 4.37. The fourth-order valence-electron chi connectivity index (χ4n) is 2.22. The molecule has 2 rings (SSSR count). The van der Waals surface area contributed by atoms with Gasteiger partial charge in [-0.2, -0.15) is 8.42 Å². The van der Waals surface area contributed by atoms with Crippen LogP contribution < -0.4 is 4.18 Å². The van der Waals surface area contributed by atoms with Crippen LogP contribution in [0, 0.1) is 27.7 Å². The number of hydrogen-bond acceptors (Lipinski definition) is 3. The first-order valence-electron chi connectivity index (χ1n) is 6.83. The Hall–Kier alpha value is -1.81. The van der Waals surface area contributed by atoms with Gasteiger partial charge in [0.05, 0.1) is 0 Å². The second kappa shape index (κ2) is 5.90. The molecule has 0 aliphatic carbocycles. The van der Waals surface area contributed by atoms with Crippen molar-refractivity contribution in [2.75, 3.05) is 0 Å². The van der Waals surface area contributed by atoms with Crippen LogP contribution in [-0.2, 0) is 15.9 Å². The van der Waals surface area contributed by atoms with E-state index in [1.165, 1.54) is 0 Å². The van der Waals surface area contributed by atoms with Gasteiger partial charge >= 0.3 is 10.1 Å². The highest BCUT2D eigenvalue weighted by Gasteiger charge is 2.17. The van der Waals surface area contributed by atoms with E-state index in [2.05, 4.69) is 0 Å². The Morgan fingerprint density at radius 3 is 2.29 bits per heavy atom. The molecule has 0 unspecified atom stereocenters. The fraction of sp³-hybridized carbons (Fsp3) is 0.294. The van der Waals surface area contributed by atoms with Gasteiger partial charge in [0.1, 0.15) is 11.5 Å². The summed E-state index contributed by atoms with van der Waals surface area (Å²) in [6.07, 6.45) is 0. The van der Waals surface area contributed by atoms with Crippen molar-refractivity contribution in [3.63, 3.8) is 0 Å². The lowest BCUT2D eigenvalue weighted by atomic mass is 10.1. The molecule has 0 fully saturated rings. The summed E-state index contributed by atoms with van der Waals surface area (Å²) in [7, 11) is -3.67. The minimum Gasteiger partial charge on any atom is -0.382 e. The average Bonchev–Trinajstić information content (AvgIpc) is 2.39. The molecule has 0 atom stereocenters. The number of benzene rings is 2. The quantitative estimate of drug-likeness (QED) is 0.806. The normalized spacial score (nSPS) is 11.4. The molecule has 0 amide bonds. The highest BCUT2D eigenvalue weighted by Crippen LogP contribution is 2.27. The van der Waals surface area contributed by atoms with Gasteiger partial charge in [0.25, 0.3) is 0 Å². The Morgan fingerprint density at radius 1 is 0.952 bits per heavy atom. The molecule has 0 saturated carbocycles. The molecule has 0 spiro atoms. The van der Waals surface area contributed by atoms with E-state index in [0.29, 0.717) is 5.75 Å². The smallest absolute Gasteiger partial charge is 0.313 e. The maximum Gasteiger partial charge on any atom is 0.313 e. The van der Waals surface area contributed by atoms with Gasteiger partial charge in [-0.25, -0.2) is 0 Å².